The van der Waals surface area contributed by atoms with Gasteiger partial charge in [0.05, 0.1) is 0 Å². The number of carboxylic acid groups (broad SMARTS) is 1. The molecule has 16 heavy (non-hydrogen) atoms. The lowest BCUT2D eigenvalue weighted by molar-refractivity contribution is 0.0693. The molecule has 1 heterocycles. The first-order valence-corrected chi connectivity index (χ1v) is 5.35. The molecule has 0 amide bonds. The maximum atomic E-state index is 11.5. The average molecular weight is 222 g/mol. The number of aromatic nitrogens is 1. The maximum absolute atomic E-state index is 11.5. The van der Waals surface area contributed by atoms with Crippen LogP contribution in [0, 0.1) is 0 Å². The predicted molar refractivity (Wildman–Crippen MR) is 59.6 cm³/mol. The molecule has 86 valence electrons. The minimum atomic E-state index is -1.18. The van der Waals surface area contributed by atoms with Gasteiger partial charge in [-0.05, 0) is 30.4 Å². The molecule has 0 aliphatic heterocycles. The first kappa shape index (κ1) is 10.7. The van der Waals surface area contributed by atoms with Gasteiger partial charge >= 0.3 is 5.97 Å². The number of hydrogen-bond donors (Lipinski definition) is 3. The van der Waals surface area contributed by atoms with Gasteiger partial charge in [0.25, 0.3) is 5.56 Å². The number of H-pyrrole nitrogens is 1. The van der Waals surface area contributed by atoms with Crippen LogP contribution in [0.15, 0.2) is 10.9 Å². The Morgan fingerprint density at radius 2 is 2.06 bits per heavy atom. The topological polar surface area (TPSA) is 96.2 Å². The zero-order valence-electron chi connectivity index (χ0n) is 8.82. The Labute approximate surface area is 92.3 Å². The van der Waals surface area contributed by atoms with Crippen molar-refractivity contribution in [3.63, 3.8) is 0 Å². The summed E-state index contributed by atoms with van der Waals surface area (Å²) < 4.78 is 0. The molecule has 1 aliphatic rings. The van der Waals surface area contributed by atoms with E-state index in [0.29, 0.717) is 5.56 Å². The normalized spacial score (nSPS) is 16.5. The van der Waals surface area contributed by atoms with Gasteiger partial charge in [-0.25, -0.2) is 4.79 Å². The molecule has 1 aromatic rings. The first-order chi connectivity index (χ1) is 7.59. The van der Waals surface area contributed by atoms with E-state index in [0.717, 1.165) is 25.7 Å². The van der Waals surface area contributed by atoms with Crippen molar-refractivity contribution in [3.8, 4) is 0 Å². The van der Waals surface area contributed by atoms with E-state index >= 15 is 0 Å². The van der Waals surface area contributed by atoms with Crippen LogP contribution in [0.25, 0.3) is 0 Å². The fraction of sp³-hybridized carbons (Fsp3) is 0.455. The molecule has 0 spiro atoms. The average Bonchev–Trinajstić information content (AvgIpc) is 2.67. The summed E-state index contributed by atoms with van der Waals surface area (Å²) in [4.78, 5) is 24.9. The van der Waals surface area contributed by atoms with Crippen LogP contribution < -0.4 is 11.3 Å². The molecule has 2 rings (SSSR count). The monoisotopic (exact) mass is 222 g/mol. The molecule has 1 aromatic heterocycles. The van der Waals surface area contributed by atoms with Crippen LogP contribution in [0.1, 0.15) is 47.5 Å². The number of aromatic carboxylic acids is 1. The van der Waals surface area contributed by atoms with Gasteiger partial charge in [0.15, 0.2) is 0 Å². The van der Waals surface area contributed by atoms with Crippen molar-refractivity contribution in [3.05, 3.63) is 27.5 Å². The predicted octanol–water partition coefficient (Wildman–Crippen LogP) is 1.31. The Morgan fingerprint density at radius 3 is 2.62 bits per heavy atom. The lowest BCUT2D eigenvalue weighted by Gasteiger charge is -2.12. The Morgan fingerprint density at radius 1 is 1.44 bits per heavy atom. The Kier molecular flexibility index (Phi) is 2.68. The van der Waals surface area contributed by atoms with E-state index in [1.807, 2.05) is 0 Å². The molecule has 0 bridgehead atoms. The second-order valence-electron chi connectivity index (χ2n) is 4.17. The van der Waals surface area contributed by atoms with Crippen molar-refractivity contribution in [2.45, 2.75) is 31.6 Å². The van der Waals surface area contributed by atoms with Gasteiger partial charge in [0.1, 0.15) is 11.4 Å². The number of anilines is 1. The van der Waals surface area contributed by atoms with Crippen LogP contribution in [0.5, 0.6) is 0 Å². The van der Waals surface area contributed by atoms with E-state index in [1.165, 1.54) is 0 Å². The van der Waals surface area contributed by atoms with Crippen LogP contribution in [0.4, 0.5) is 5.82 Å². The summed E-state index contributed by atoms with van der Waals surface area (Å²) >= 11 is 0. The summed E-state index contributed by atoms with van der Waals surface area (Å²) in [6.45, 7) is 0. The van der Waals surface area contributed by atoms with E-state index in [1.54, 1.807) is 6.07 Å². The van der Waals surface area contributed by atoms with Gasteiger partial charge in [-0.2, -0.15) is 0 Å². The van der Waals surface area contributed by atoms with Crippen molar-refractivity contribution < 1.29 is 9.90 Å². The van der Waals surface area contributed by atoms with Gasteiger partial charge in [0.2, 0.25) is 0 Å². The highest BCUT2D eigenvalue weighted by atomic mass is 16.4. The van der Waals surface area contributed by atoms with Crippen molar-refractivity contribution in [2.75, 3.05) is 5.73 Å². The smallest absolute Gasteiger partial charge is 0.341 e. The molecule has 4 N–H and O–H groups in total. The number of pyridine rings is 1. The van der Waals surface area contributed by atoms with E-state index in [-0.39, 0.29) is 17.3 Å². The molecule has 0 radical (unpaired) electrons. The third kappa shape index (κ3) is 1.80. The minimum Gasteiger partial charge on any atom is -0.477 e. The molecule has 1 fully saturated rings. The molecular weight excluding hydrogens is 208 g/mol. The lowest BCUT2D eigenvalue weighted by Crippen LogP contribution is -2.22. The quantitative estimate of drug-likeness (QED) is 0.702. The van der Waals surface area contributed by atoms with Crippen LogP contribution in [0.3, 0.4) is 0 Å². The number of nitrogens with two attached hydrogens (primary N) is 1. The number of aromatic amines is 1. The van der Waals surface area contributed by atoms with E-state index < -0.39 is 11.5 Å². The van der Waals surface area contributed by atoms with Crippen molar-refractivity contribution in [1.82, 2.24) is 4.98 Å². The summed E-state index contributed by atoms with van der Waals surface area (Å²) in [5, 5.41) is 9.04. The molecule has 5 heteroatoms. The van der Waals surface area contributed by atoms with Crippen LogP contribution in [-0.2, 0) is 0 Å². The highest BCUT2D eigenvalue weighted by molar-refractivity contribution is 5.89. The van der Waals surface area contributed by atoms with Crippen LogP contribution >= 0.6 is 0 Å². The molecular formula is C11H14N2O3. The number of nitrogens with one attached hydrogen (secondary N) is 1. The minimum absolute atomic E-state index is 0.152. The van der Waals surface area contributed by atoms with Gasteiger partial charge in [-0.3, -0.25) is 4.79 Å². The zero-order valence-corrected chi connectivity index (χ0v) is 8.82. The van der Waals surface area contributed by atoms with Crippen molar-refractivity contribution >= 4 is 11.8 Å². The summed E-state index contributed by atoms with van der Waals surface area (Å²) in [6, 6.07) is 1.58. The first-order valence-electron chi connectivity index (χ1n) is 5.35. The summed E-state index contributed by atoms with van der Waals surface area (Å²) in [7, 11) is 0. The maximum Gasteiger partial charge on any atom is 0.341 e. The SMILES string of the molecule is Nc1cc(C2CCCC2)c(C(=O)O)c(=O)[nH]1. The number of carbonyl (C=O) groups is 1. The van der Waals surface area contributed by atoms with Crippen LogP contribution in [0.2, 0.25) is 0 Å². The van der Waals surface area contributed by atoms with Crippen molar-refractivity contribution in [1.29, 1.82) is 0 Å². The van der Waals surface area contributed by atoms with Crippen molar-refractivity contribution in [2.24, 2.45) is 0 Å². The summed E-state index contributed by atoms with van der Waals surface area (Å²) in [6.07, 6.45) is 4.03. The molecule has 1 saturated carbocycles. The molecule has 0 unspecified atom stereocenters. The Hall–Kier alpha value is -1.78. The highest BCUT2D eigenvalue weighted by Gasteiger charge is 2.25. The largest absolute Gasteiger partial charge is 0.477 e. The van der Waals surface area contributed by atoms with E-state index in [2.05, 4.69) is 4.98 Å². The number of hydrogen-bond acceptors (Lipinski definition) is 3. The number of nitrogen functional groups attached to an aromatic ring is 1. The summed E-state index contributed by atoms with van der Waals surface area (Å²) in [5.41, 5.74) is 5.38. The molecule has 5 nitrogen and oxygen atoms in total. The number of carboxylic acids is 1. The van der Waals surface area contributed by atoms with E-state index in [4.69, 9.17) is 10.8 Å². The number of rotatable bonds is 2. The molecule has 0 saturated heterocycles. The second kappa shape index (κ2) is 4.00. The van der Waals surface area contributed by atoms with Gasteiger partial charge in [-0.1, -0.05) is 12.8 Å². The lowest BCUT2D eigenvalue weighted by atomic mass is 9.94. The molecule has 1 aliphatic carbocycles. The second-order valence-corrected chi connectivity index (χ2v) is 4.17. The van der Waals surface area contributed by atoms with Crippen LogP contribution in [-0.4, -0.2) is 16.1 Å². The van der Waals surface area contributed by atoms with Gasteiger partial charge in [0, 0.05) is 0 Å². The van der Waals surface area contributed by atoms with Gasteiger partial charge < -0.3 is 15.8 Å². The fourth-order valence-electron chi connectivity index (χ4n) is 2.38. The van der Waals surface area contributed by atoms with E-state index in [9.17, 15) is 9.59 Å². The fourth-order valence-corrected chi connectivity index (χ4v) is 2.38. The highest BCUT2D eigenvalue weighted by Crippen LogP contribution is 2.35. The molecule has 0 aromatic carbocycles. The standard InChI is InChI=1S/C11H14N2O3/c12-8-5-7(6-3-1-2-4-6)9(11(15)16)10(14)13-8/h5-6H,1-4H2,(H,15,16)(H3,12,13,14). The Balaban J connectivity index is 2.56. The third-order valence-corrected chi connectivity index (χ3v) is 3.09. The zero-order chi connectivity index (χ0) is 11.7. The Bertz CT molecular complexity index is 473. The molecule has 0 atom stereocenters. The van der Waals surface area contributed by atoms with Gasteiger partial charge in [-0.15, -0.1) is 0 Å². The summed E-state index contributed by atoms with van der Waals surface area (Å²) in [5.74, 6) is -0.782. The third-order valence-electron chi connectivity index (χ3n) is 3.09.